The molecule has 0 aliphatic heterocycles. The fourth-order valence-electron chi connectivity index (χ4n) is 3.66. The highest BCUT2D eigenvalue weighted by atomic mass is 32.2. The molecule has 2 aromatic carbocycles. The Hall–Kier alpha value is -2.94. The van der Waals surface area contributed by atoms with Crippen LogP contribution in [0.1, 0.15) is 43.4 Å². The van der Waals surface area contributed by atoms with Crippen LogP contribution in [0.4, 0.5) is 10.1 Å². The molecule has 0 heterocycles. The molecule has 186 valence electrons. The van der Waals surface area contributed by atoms with E-state index in [1.54, 1.807) is 26.0 Å². The summed E-state index contributed by atoms with van der Waals surface area (Å²) in [6.07, 6.45) is 1.48. The van der Waals surface area contributed by atoms with Gasteiger partial charge in [0.05, 0.1) is 11.9 Å². The highest BCUT2D eigenvalue weighted by Crippen LogP contribution is 2.24. The lowest BCUT2D eigenvalue weighted by Gasteiger charge is -2.29. The second-order valence-corrected chi connectivity index (χ2v) is 10.4. The van der Waals surface area contributed by atoms with Gasteiger partial charge in [-0.2, -0.15) is 0 Å². The standard InChI is InChI=1S/C25H34FN3O4S/c1-6-27-25(31)20(4)28(17-21-11-13-22(26)14-12-21)24(30)8-7-15-29(34(5,32)33)23-16-18(2)9-10-19(23)3/h9-14,16,20H,6-8,15,17H2,1-5H3,(H,27,31)/t20-/m0/s1. The number of nitrogens with zero attached hydrogens (tertiary/aromatic N) is 2. The molecule has 1 N–H and O–H groups in total. The van der Waals surface area contributed by atoms with Crippen molar-refractivity contribution in [3.63, 3.8) is 0 Å². The Morgan fingerprint density at radius 1 is 1.09 bits per heavy atom. The molecule has 2 aromatic rings. The van der Waals surface area contributed by atoms with Gasteiger partial charge >= 0.3 is 0 Å². The van der Waals surface area contributed by atoms with Gasteiger partial charge in [0.15, 0.2) is 0 Å². The Morgan fingerprint density at radius 3 is 2.32 bits per heavy atom. The SMILES string of the molecule is CCNC(=O)[C@H](C)N(Cc1ccc(F)cc1)C(=O)CCCN(c1cc(C)ccc1C)S(C)(=O)=O. The lowest BCUT2D eigenvalue weighted by molar-refractivity contribution is -0.140. The van der Waals surface area contributed by atoms with E-state index in [0.717, 1.165) is 17.4 Å². The van der Waals surface area contributed by atoms with Crippen LogP contribution in [0.25, 0.3) is 0 Å². The maximum absolute atomic E-state index is 13.3. The summed E-state index contributed by atoms with van der Waals surface area (Å²) < 4.78 is 39.6. The zero-order valence-electron chi connectivity index (χ0n) is 20.5. The molecule has 0 aliphatic rings. The van der Waals surface area contributed by atoms with Crippen molar-refractivity contribution >= 4 is 27.5 Å². The van der Waals surface area contributed by atoms with Crippen LogP contribution < -0.4 is 9.62 Å². The van der Waals surface area contributed by atoms with Crippen LogP contribution in [0.5, 0.6) is 0 Å². The molecule has 0 fully saturated rings. The monoisotopic (exact) mass is 491 g/mol. The van der Waals surface area contributed by atoms with Crippen LogP contribution in [0.3, 0.4) is 0 Å². The molecule has 0 saturated heterocycles. The molecule has 2 amide bonds. The summed E-state index contributed by atoms with van der Waals surface area (Å²) in [6, 6.07) is 10.6. The zero-order valence-corrected chi connectivity index (χ0v) is 21.3. The zero-order chi connectivity index (χ0) is 25.5. The molecular weight excluding hydrogens is 457 g/mol. The van der Waals surface area contributed by atoms with Gasteiger partial charge in [0.1, 0.15) is 11.9 Å². The first kappa shape index (κ1) is 27.3. The van der Waals surface area contributed by atoms with E-state index < -0.39 is 16.1 Å². The number of hydrogen-bond acceptors (Lipinski definition) is 4. The number of anilines is 1. The van der Waals surface area contributed by atoms with Crippen LogP contribution >= 0.6 is 0 Å². The number of likely N-dealkylation sites (N-methyl/N-ethyl adjacent to an activating group) is 1. The summed E-state index contributed by atoms with van der Waals surface area (Å²) >= 11 is 0. The number of aryl methyl sites for hydroxylation is 2. The Morgan fingerprint density at radius 2 is 1.74 bits per heavy atom. The predicted octanol–water partition coefficient (Wildman–Crippen LogP) is 3.54. The number of amides is 2. The van der Waals surface area contributed by atoms with Gasteiger partial charge in [-0.05, 0) is 69.0 Å². The maximum Gasteiger partial charge on any atom is 0.242 e. The summed E-state index contributed by atoms with van der Waals surface area (Å²) in [6.45, 7) is 7.88. The Kier molecular flexibility index (Phi) is 9.61. The van der Waals surface area contributed by atoms with E-state index in [0.29, 0.717) is 17.8 Å². The molecule has 0 unspecified atom stereocenters. The molecule has 7 nitrogen and oxygen atoms in total. The predicted molar refractivity (Wildman–Crippen MR) is 132 cm³/mol. The van der Waals surface area contributed by atoms with Gasteiger partial charge in [0.2, 0.25) is 21.8 Å². The Labute approximate surface area is 202 Å². The third-order valence-electron chi connectivity index (χ3n) is 5.57. The summed E-state index contributed by atoms with van der Waals surface area (Å²) in [5.41, 5.74) is 3.05. The lowest BCUT2D eigenvalue weighted by Crippen LogP contribution is -2.47. The van der Waals surface area contributed by atoms with Crippen LogP contribution in [0.2, 0.25) is 0 Å². The van der Waals surface area contributed by atoms with Gasteiger partial charge in [0, 0.05) is 26.1 Å². The van der Waals surface area contributed by atoms with Gasteiger partial charge < -0.3 is 10.2 Å². The number of carbonyl (C=O) groups excluding carboxylic acids is 2. The summed E-state index contributed by atoms with van der Waals surface area (Å²) in [4.78, 5) is 27.1. The lowest BCUT2D eigenvalue weighted by atomic mass is 10.1. The molecule has 2 rings (SSSR count). The van der Waals surface area contributed by atoms with E-state index >= 15 is 0 Å². The van der Waals surface area contributed by atoms with E-state index in [4.69, 9.17) is 0 Å². The van der Waals surface area contributed by atoms with Crippen LogP contribution in [-0.2, 0) is 26.2 Å². The summed E-state index contributed by atoms with van der Waals surface area (Å²) in [5, 5.41) is 2.72. The maximum atomic E-state index is 13.3. The number of sulfonamides is 1. The molecule has 0 aliphatic carbocycles. The van der Waals surface area contributed by atoms with E-state index in [2.05, 4.69) is 5.32 Å². The van der Waals surface area contributed by atoms with Gasteiger partial charge in [-0.25, -0.2) is 12.8 Å². The molecule has 0 aromatic heterocycles. The third-order valence-corrected chi connectivity index (χ3v) is 6.75. The van der Waals surface area contributed by atoms with Crippen LogP contribution in [-0.4, -0.2) is 50.5 Å². The van der Waals surface area contributed by atoms with Crippen molar-refractivity contribution in [3.05, 3.63) is 65.0 Å². The average Bonchev–Trinajstić information content (AvgIpc) is 2.77. The van der Waals surface area contributed by atoms with E-state index in [1.807, 2.05) is 32.0 Å². The van der Waals surface area contributed by atoms with Crippen molar-refractivity contribution in [3.8, 4) is 0 Å². The quantitative estimate of drug-likeness (QED) is 0.521. The second-order valence-electron chi connectivity index (χ2n) is 8.45. The molecule has 34 heavy (non-hydrogen) atoms. The highest BCUT2D eigenvalue weighted by molar-refractivity contribution is 7.92. The molecule has 0 saturated carbocycles. The number of benzene rings is 2. The number of nitrogens with one attached hydrogen (secondary N) is 1. The van der Waals surface area contributed by atoms with Gasteiger partial charge in [-0.15, -0.1) is 0 Å². The van der Waals surface area contributed by atoms with Crippen molar-refractivity contribution in [2.24, 2.45) is 0 Å². The van der Waals surface area contributed by atoms with E-state index in [1.165, 1.54) is 21.3 Å². The Bertz CT molecular complexity index is 1100. The van der Waals surface area contributed by atoms with Crippen LogP contribution in [0.15, 0.2) is 42.5 Å². The van der Waals surface area contributed by atoms with Crippen molar-refractivity contribution in [1.29, 1.82) is 0 Å². The number of rotatable bonds is 11. The van der Waals surface area contributed by atoms with Crippen molar-refractivity contribution in [1.82, 2.24) is 10.2 Å². The number of carbonyl (C=O) groups is 2. The first-order valence-electron chi connectivity index (χ1n) is 11.3. The highest BCUT2D eigenvalue weighted by Gasteiger charge is 2.26. The largest absolute Gasteiger partial charge is 0.355 e. The average molecular weight is 492 g/mol. The smallest absolute Gasteiger partial charge is 0.242 e. The minimum absolute atomic E-state index is 0.0574. The van der Waals surface area contributed by atoms with Gasteiger partial charge in [-0.3, -0.25) is 13.9 Å². The van der Waals surface area contributed by atoms with E-state index in [9.17, 15) is 22.4 Å². The number of halogens is 1. The molecule has 0 bridgehead atoms. The van der Waals surface area contributed by atoms with Crippen LogP contribution in [0, 0.1) is 19.7 Å². The molecule has 0 radical (unpaired) electrons. The molecule has 1 atom stereocenters. The summed E-state index contributed by atoms with van der Waals surface area (Å²) in [5.74, 6) is -0.950. The topological polar surface area (TPSA) is 86.8 Å². The van der Waals surface area contributed by atoms with Crippen molar-refractivity contribution in [2.45, 2.75) is 53.1 Å². The molecule has 0 spiro atoms. The third kappa shape index (κ3) is 7.55. The molecular formula is C25H34FN3O4S. The number of hydrogen-bond donors (Lipinski definition) is 1. The van der Waals surface area contributed by atoms with Crippen molar-refractivity contribution in [2.75, 3.05) is 23.7 Å². The first-order chi connectivity index (χ1) is 15.9. The fraction of sp³-hybridized carbons (Fsp3) is 0.440. The normalized spacial score (nSPS) is 12.2. The van der Waals surface area contributed by atoms with Gasteiger partial charge in [0.25, 0.3) is 0 Å². The Balaban J connectivity index is 2.18. The van der Waals surface area contributed by atoms with E-state index in [-0.39, 0.29) is 43.6 Å². The minimum atomic E-state index is -3.56. The van der Waals surface area contributed by atoms with Crippen molar-refractivity contribution < 1.29 is 22.4 Å². The summed E-state index contributed by atoms with van der Waals surface area (Å²) in [7, 11) is -3.56. The fourth-order valence-corrected chi connectivity index (χ4v) is 4.68. The molecule has 9 heteroatoms. The first-order valence-corrected chi connectivity index (χ1v) is 13.2. The minimum Gasteiger partial charge on any atom is -0.355 e. The second kappa shape index (κ2) is 12.0. The van der Waals surface area contributed by atoms with Gasteiger partial charge in [-0.1, -0.05) is 24.3 Å².